The summed E-state index contributed by atoms with van der Waals surface area (Å²) in [6, 6.07) is 0. The summed E-state index contributed by atoms with van der Waals surface area (Å²) in [6.07, 6.45) is -10.5. The summed E-state index contributed by atoms with van der Waals surface area (Å²) in [7, 11) is -0.0536. The Labute approximate surface area is 143 Å². The van der Waals surface area contributed by atoms with Gasteiger partial charge in [-0.15, -0.1) is 0 Å². The molecule has 28 heavy (non-hydrogen) atoms. The van der Waals surface area contributed by atoms with Gasteiger partial charge >= 0.3 is 41.7 Å². The Hall–Kier alpha value is -1.78. The molecule has 168 valence electrons. The standard InChI is InChI=1S/C10H6F15NO2/c1-26(3(27)28)2-4(11,12)5(13,14)6(15,16)7(17,18)8(19,20)9(21,22)10(23,24)25/h2H2,1H3,(H,27,28)/p-1. The van der Waals surface area contributed by atoms with E-state index in [1.807, 2.05) is 0 Å². The zero-order valence-corrected chi connectivity index (χ0v) is 12.6. The van der Waals surface area contributed by atoms with Crippen molar-refractivity contribution in [2.45, 2.75) is 41.7 Å². The predicted molar refractivity (Wildman–Crippen MR) is 53.8 cm³/mol. The van der Waals surface area contributed by atoms with Gasteiger partial charge in [-0.25, -0.2) is 0 Å². The molecule has 0 aromatic heterocycles. The van der Waals surface area contributed by atoms with Gasteiger partial charge in [0, 0.05) is 7.05 Å². The number of rotatable bonds is 7. The van der Waals surface area contributed by atoms with Crippen LogP contribution in [0.4, 0.5) is 70.7 Å². The minimum atomic E-state index is -8.40. The maximum atomic E-state index is 13.2. The summed E-state index contributed by atoms with van der Waals surface area (Å²) in [5, 5.41) is 10.1. The number of carbonyl (C=O) groups excluding carboxylic acids is 1. The van der Waals surface area contributed by atoms with Crippen molar-refractivity contribution in [1.29, 1.82) is 0 Å². The first-order valence-electron chi connectivity index (χ1n) is 6.08. The van der Waals surface area contributed by atoms with E-state index in [0.717, 1.165) is 0 Å². The van der Waals surface area contributed by atoms with E-state index in [2.05, 4.69) is 0 Å². The molecule has 3 nitrogen and oxygen atoms in total. The maximum absolute atomic E-state index is 13.2. The van der Waals surface area contributed by atoms with E-state index in [9.17, 15) is 75.8 Å². The van der Waals surface area contributed by atoms with Crippen molar-refractivity contribution in [3.63, 3.8) is 0 Å². The first-order chi connectivity index (χ1) is 11.8. The second-order valence-electron chi connectivity index (χ2n) is 5.20. The van der Waals surface area contributed by atoms with Crippen molar-refractivity contribution in [2.75, 3.05) is 13.6 Å². The molecule has 0 heterocycles. The highest BCUT2D eigenvalue weighted by molar-refractivity contribution is 5.62. The van der Waals surface area contributed by atoms with Gasteiger partial charge in [0.15, 0.2) is 0 Å². The molecule has 0 aliphatic heterocycles. The van der Waals surface area contributed by atoms with Gasteiger partial charge in [-0.2, -0.15) is 65.9 Å². The monoisotopic (exact) mass is 456 g/mol. The second kappa shape index (κ2) is 6.64. The van der Waals surface area contributed by atoms with Crippen LogP contribution >= 0.6 is 0 Å². The lowest BCUT2D eigenvalue weighted by Crippen LogP contribution is -2.73. The summed E-state index contributed by atoms with van der Waals surface area (Å²) in [5.41, 5.74) is 0. The van der Waals surface area contributed by atoms with Crippen molar-refractivity contribution < 1.29 is 75.8 Å². The zero-order valence-electron chi connectivity index (χ0n) is 12.6. The predicted octanol–water partition coefficient (Wildman–Crippen LogP) is 3.64. The molecule has 18 heteroatoms. The summed E-state index contributed by atoms with van der Waals surface area (Å²) < 4.78 is 192. The van der Waals surface area contributed by atoms with Crippen molar-refractivity contribution in [3.8, 4) is 0 Å². The van der Waals surface area contributed by atoms with Crippen molar-refractivity contribution >= 4 is 6.09 Å². The number of alkyl halides is 15. The Balaban J connectivity index is 6.43. The molecule has 0 rings (SSSR count). The van der Waals surface area contributed by atoms with Gasteiger partial charge in [-0.1, -0.05) is 0 Å². The van der Waals surface area contributed by atoms with Crippen LogP contribution in [-0.2, 0) is 0 Å². The zero-order chi connectivity index (χ0) is 23.4. The molecule has 0 atom stereocenters. The number of nitrogens with zero attached hydrogens (tertiary/aromatic N) is 1. The van der Waals surface area contributed by atoms with Gasteiger partial charge in [-0.05, 0) is 0 Å². The van der Waals surface area contributed by atoms with Gasteiger partial charge in [0.2, 0.25) is 0 Å². The summed E-state index contributed by atoms with van der Waals surface area (Å²) in [6.45, 7) is -3.10. The average Bonchev–Trinajstić information content (AvgIpc) is 2.44. The summed E-state index contributed by atoms with van der Waals surface area (Å²) in [5.74, 6) is -47.4. The smallest absolute Gasteiger partial charge is 0.460 e. The van der Waals surface area contributed by atoms with E-state index in [0.29, 0.717) is 0 Å². The molecular formula is C10H5F15NO2-. The number of carboxylic acid groups (broad SMARTS) is 1. The van der Waals surface area contributed by atoms with E-state index < -0.39 is 59.2 Å². The average molecular weight is 456 g/mol. The van der Waals surface area contributed by atoms with Crippen LogP contribution in [0.1, 0.15) is 0 Å². The largest absolute Gasteiger partial charge is 0.530 e. The first-order valence-corrected chi connectivity index (χ1v) is 6.08. The van der Waals surface area contributed by atoms with Crippen LogP contribution in [0.5, 0.6) is 0 Å². The highest BCUT2D eigenvalue weighted by atomic mass is 19.4. The highest BCUT2D eigenvalue weighted by Gasteiger charge is 2.93. The third-order valence-electron chi connectivity index (χ3n) is 3.14. The number of carbonyl (C=O) groups is 1. The normalized spacial score (nSPS) is 15.6. The van der Waals surface area contributed by atoms with Crippen LogP contribution in [0, 0.1) is 0 Å². The van der Waals surface area contributed by atoms with Gasteiger partial charge in [0.1, 0.15) is 6.09 Å². The van der Waals surface area contributed by atoms with E-state index in [-0.39, 0.29) is 7.05 Å². The van der Waals surface area contributed by atoms with Gasteiger partial charge < -0.3 is 14.8 Å². The van der Waals surface area contributed by atoms with E-state index in [1.165, 1.54) is 0 Å². The molecule has 0 spiro atoms. The molecule has 1 amide bonds. The third-order valence-corrected chi connectivity index (χ3v) is 3.14. The van der Waals surface area contributed by atoms with Crippen LogP contribution in [0.3, 0.4) is 0 Å². The van der Waals surface area contributed by atoms with Gasteiger partial charge in [0.25, 0.3) is 0 Å². The number of hydrogen-bond acceptors (Lipinski definition) is 2. The molecule has 0 aliphatic rings. The fourth-order valence-corrected chi connectivity index (χ4v) is 1.46. The van der Waals surface area contributed by atoms with Crippen LogP contribution in [-0.4, -0.2) is 66.3 Å². The molecule has 0 N–H and O–H groups in total. The number of hydrogen-bond donors (Lipinski definition) is 0. The van der Waals surface area contributed by atoms with E-state index in [1.54, 1.807) is 0 Å². The molecule has 0 saturated carbocycles. The highest BCUT2D eigenvalue weighted by Crippen LogP contribution is 2.62. The maximum Gasteiger partial charge on any atom is 0.460 e. The molecule has 0 aliphatic carbocycles. The molecule has 0 radical (unpaired) electrons. The van der Waals surface area contributed by atoms with Crippen molar-refractivity contribution in [2.24, 2.45) is 0 Å². The minimum absolute atomic E-state index is 0.0536. The minimum Gasteiger partial charge on any atom is -0.530 e. The summed E-state index contributed by atoms with van der Waals surface area (Å²) >= 11 is 0. The Morgan fingerprint density at radius 1 is 0.643 bits per heavy atom. The van der Waals surface area contributed by atoms with Gasteiger partial charge in [-0.3, -0.25) is 0 Å². The van der Waals surface area contributed by atoms with Gasteiger partial charge in [0.05, 0.1) is 6.54 Å². The fourth-order valence-electron chi connectivity index (χ4n) is 1.46. The van der Waals surface area contributed by atoms with Crippen molar-refractivity contribution in [3.05, 3.63) is 0 Å². The first kappa shape index (κ1) is 26.2. The fraction of sp³-hybridized carbons (Fsp3) is 0.900. The van der Waals surface area contributed by atoms with E-state index in [4.69, 9.17) is 0 Å². The Morgan fingerprint density at radius 2 is 0.929 bits per heavy atom. The third kappa shape index (κ3) is 3.48. The molecule has 0 aromatic carbocycles. The van der Waals surface area contributed by atoms with Crippen LogP contribution in [0.25, 0.3) is 0 Å². The second-order valence-corrected chi connectivity index (χ2v) is 5.20. The Kier molecular flexibility index (Phi) is 6.21. The Bertz CT molecular complexity index is 596. The molecule has 0 bridgehead atoms. The molecule has 0 unspecified atom stereocenters. The molecule has 0 aromatic rings. The summed E-state index contributed by atoms with van der Waals surface area (Å²) in [4.78, 5) is 9.10. The lowest BCUT2D eigenvalue weighted by Gasteiger charge is -2.42. The Morgan fingerprint density at radius 3 is 1.21 bits per heavy atom. The lowest BCUT2D eigenvalue weighted by molar-refractivity contribution is -0.452. The van der Waals surface area contributed by atoms with Crippen molar-refractivity contribution in [1.82, 2.24) is 4.90 Å². The number of amides is 1. The SMILES string of the molecule is CN(CC(F)(F)C(F)(F)C(F)(F)C(F)(F)C(F)(F)C(F)(F)C(F)(F)F)C(=O)[O-]. The lowest BCUT2D eigenvalue weighted by atomic mass is 9.91. The number of halogens is 15. The van der Waals surface area contributed by atoms with Crippen LogP contribution in [0.2, 0.25) is 0 Å². The van der Waals surface area contributed by atoms with Crippen LogP contribution < -0.4 is 5.11 Å². The molecule has 0 saturated heterocycles. The molecular weight excluding hydrogens is 451 g/mol. The van der Waals surface area contributed by atoms with Crippen LogP contribution in [0.15, 0.2) is 0 Å². The van der Waals surface area contributed by atoms with E-state index >= 15 is 0 Å². The quantitative estimate of drug-likeness (QED) is 0.550. The topological polar surface area (TPSA) is 43.4 Å². The molecule has 0 fully saturated rings.